The topological polar surface area (TPSA) is 58.2 Å². The third-order valence-electron chi connectivity index (χ3n) is 3.36. The lowest BCUT2D eigenvalue weighted by Crippen LogP contribution is -2.39. The Kier molecular flexibility index (Phi) is 5.97. The second-order valence-electron chi connectivity index (χ2n) is 6.68. The molecule has 0 spiro atoms. The number of hydrogen-bond donors (Lipinski definition) is 2. The highest BCUT2D eigenvalue weighted by atomic mass is 16.2. The molecule has 0 fully saturated rings. The van der Waals surface area contributed by atoms with Crippen molar-refractivity contribution in [2.45, 2.75) is 20.8 Å². The monoisotopic (exact) mass is 334 g/mol. The molecule has 0 radical (unpaired) electrons. The van der Waals surface area contributed by atoms with Crippen molar-refractivity contribution in [3.63, 3.8) is 0 Å². The average molecular weight is 334 g/mol. The summed E-state index contributed by atoms with van der Waals surface area (Å²) in [6.07, 6.45) is 0. The van der Waals surface area contributed by atoms with Crippen LogP contribution in [0.4, 0.5) is 5.69 Å². The first kappa shape index (κ1) is 18.3. The zero-order valence-electron chi connectivity index (χ0n) is 14.7. The van der Waals surface area contributed by atoms with E-state index in [1.165, 1.54) is 0 Å². The number of benzene rings is 2. The molecule has 0 bridgehead atoms. The molecule has 0 saturated heterocycles. The lowest BCUT2D eigenvalue weighted by molar-refractivity contribution is -0.130. The molecule has 2 aromatic rings. The summed E-state index contributed by atoms with van der Waals surface area (Å²) >= 11 is 0. The zero-order chi connectivity index (χ0) is 18.3. The molecular formula is C21H22N2O2. The maximum absolute atomic E-state index is 12.0. The van der Waals surface area contributed by atoms with Crippen LogP contribution < -0.4 is 10.6 Å². The third-order valence-corrected chi connectivity index (χ3v) is 3.36. The largest absolute Gasteiger partial charge is 0.347 e. The van der Waals surface area contributed by atoms with Crippen molar-refractivity contribution in [1.82, 2.24) is 5.32 Å². The number of nitrogens with one attached hydrogen (secondary N) is 2. The lowest BCUT2D eigenvalue weighted by atomic mass is 9.96. The van der Waals surface area contributed by atoms with E-state index < -0.39 is 5.41 Å². The van der Waals surface area contributed by atoms with E-state index >= 15 is 0 Å². The Morgan fingerprint density at radius 3 is 2.24 bits per heavy atom. The van der Waals surface area contributed by atoms with E-state index in [-0.39, 0.29) is 18.4 Å². The van der Waals surface area contributed by atoms with Gasteiger partial charge in [-0.15, -0.1) is 0 Å². The maximum Gasteiger partial charge on any atom is 0.243 e. The van der Waals surface area contributed by atoms with Gasteiger partial charge in [0.2, 0.25) is 11.8 Å². The fraction of sp³-hybridized carbons (Fsp3) is 0.238. The van der Waals surface area contributed by atoms with Gasteiger partial charge in [0.1, 0.15) is 0 Å². The highest BCUT2D eigenvalue weighted by Gasteiger charge is 2.21. The van der Waals surface area contributed by atoms with Crippen molar-refractivity contribution in [3.8, 4) is 11.8 Å². The Hall–Kier alpha value is -3.06. The van der Waals surface area contributed by atoms with Gasteiger partial charge in [-0.25, -0.2) is 0 Å². The number of carbonyl (C=O) groups is 2. The fourth-order valence-corrected chi connectivity index (χ4v) is 1.97. The normalized spacial score (nSPS) is 10.4. The second kappa shape index (κ2) is 8.16. The second-order valence-corrected chi connectivity index (χ2v) is 6.68. The van der Waals surface area contributed by atoms with Crippen molar-refractivity contribution in [1.29, 1.82) is 0 Å². The quantitative estimate of drug-likeness (QED) is 0.847. The van der Waals surface area contributed by atoms with Gasteiger partial charge in [0.05, 0.1) is 6.54 Å². The number of anilines is 1. The van der Waals surface area contributed by atoms with Gasteiger partial charge in [0, 0.05) is 22.2 Å². The molecule has 128 valence electrons. The maximum atomic E-state index is 12.0. The first-order valence-electron chi connectivity index (χ1n) is 8.10. The number of amides is 2. The Morgan fingerprint density at radius 1 is 0.920 bits per heavy atom. The zero-order valence-corrected chi connectivity index (χ0v) is 14.7. The molecular weight excluding hydrogens is 312 g/mol. The van der Waals surface area contributed by atoms with Gasteiger partial charge in [-0.3, -0.25) is 9.59 Å². The summed E-state index contributed by atoms with van der Waals surface area (Å²) < 4.78 is 0. The van der Waals surface area contributed by atoms with Crippen LogP contribution in [0, 0.1) is 17.3 Å². The van der Waals surface area contributed by atoms with E-state index in [9.17, 15) is 9.59 Å². The van der Waals surface area contributed by atoms with E-state index in [0.717, 1.165) is 11.1 Å². The molecule has 4 nitrogen and oxygen atoms in total. The highest BCUT2D eigenvalue weighted by molar-refractivity contribution is 5.95. The molecule has 0 unspecified atom stereocenters. The van der Waals surface area contributed by atoms with Crippen LogP contribution in [0.3, 0.4) is 0 Å². The Morgan fingerprint density at radius 2 is 1.56 bits per heavy atom. The third kappa shape index (κ3) is 6.15. The van der Waals surface area contributed by atoms with Gasteiger partial charge in [0.15, 0.2) is 0 Å². The number of rotatable bonds is 3. The van der Waals surface area contributed by atoms with Gasteiger partial charge in [-0.2, -0.15) is 0 Å². The van der Waals surface area contributed by atoms with Crippen LogP contribution in [-0.4, -0.2) is 18.4 Å². The van der Waals surface area contributed by atoms with E-state index in [0.29, 0.717) is 5.69 Å². The first-order valence-corrected chi connectivity index (χ1v) is 8.10. The summed E-state index contributed by atoms with van der Waals surface area (Å²) in [6.45, 7) is 5.34. The molecule has 0 heterocycles. The van der Waals surface area contributed by atoms with Gasteiger partial charge in [0.25, 0.3) is 0 Å². The van der Waals surface area contributed by atoms with Crippen LogP contribution in [0.1, 0.15) is 31.9 Å². The van der Waals surface area contributed by atoms with Gasteiger partial charge in [-0.05, 0) is 30.3 Å². The summed E-state index contributed by atoms with van der Waals surface area (Å²) in [7, 11) is 0. The standard InChI is InChI=1S/C21H22N2O2/c1-21(2,3)20(25)22-15-19(24)23-18-11-7-10-17(14-18)13-12-16-8-5-4-6-9-16/h4-11,14H,15H2,1-3H3,(H,22,25)(H,23,24). The molecule has 2 aromatic carbocycles. The lowest BCUT2D eigenvalue weighted by Gasteiger charge is -2.17. The van der Waals surface area contributed by atoms with Crippen LogP contribution in [0.5, 0.6) is 0 Å². The van der Waals surface area contributed by atoms with Crippen LogP contribution in [0.2, 0.25) is 0 Å². The summed E-state index contributed by atoms with van der Waals surface area (Å²) in [6, 6.07) is 17.0. The summed E-state index contributed by atoms with van der Waals surface area (Å²) in [4.78, 5) is 23.8. The molecule has 2 rings (SSSR count). The van der Waals surface area contributed by atoms with Crippen LogP contribution in [-0.2, 0) is 9.59 Å². The Bertz CT molecular complexity index is 809. The molecule has 0 aliphatic rings. The van der Waals surface area contributed by atoms with Crippen LogP contribution >= 0.6 is 0 Å². The summed E-state index contributed by atoms with van der Waals surface area (Å²) in [5.41, 5.74) is 1.87. The highest BCUT2D eigenvalue weighted by Crippen LogP contribution is 2.12. The van der Waals surface area contributed by atoms with Crippen LogP contribution in [0.15, 0.2) is 54.6 Å². The first-order chi connectivity index (χ1) is 11.8. The minimum absolute atomic E-state index is 0.0595. The molecule has 2 amide bonds. The average Bonchev–Trinajstić information content (AvgIpc) is 2.58. The van der Waals surface area contributed by atoms with Crippen molar-refractivity contribution in [2.75, 3.05) is 11.9 Å². The van der Waals surface area contributed by atoms with Gasteiger partial charge in [-0.1, -0.05) is 56.9 Å². The van der Waals surface area contributed by atoms with E-state index in [1.807, 2.05) is 42.5 Å². The van der Waals surface area contributed by atoms with Crippen molar-refractivity contribution < 1.29 is 9.59 Å². The summed E-state index contributed by atoms with van der Waals surface area (Å²) in [5.74, 6) is 5.72. The molecule has 0 aliphatic carbocycles. The minimum Gasteiger partial charge on any atom is -0.347 e. The molecule has 4 heteroatoms. The molecule has 0 saturated carbocycles. The minimum atomic E-state index is -0.521. The van der Waals surface area contributed by atoms with Crippen molar-refractivity contribution in [3.05, 3.63) is 65.7 Å². The molecule has 0 aliphatic heterocycles. The predicted molar refractivity (Wildman–Crippen MR) is 100.0 cm³/mol. The van der Waals surface area contributed by atoms with Gasteiger partial charge < -0.3 is 10.6 Å². The van der Waals surface area contributed by atoms with Crippen molar-refractivity contribution in [2.24, 2.45) is 5.41 Å². The molecule has 0 aromatic heterocycles. The summed E-state index contributed by atoms with van der Waals surface area (Å²) in [5, 5.41) is 5.39. The smallest absolute Gasteiger partial charge is 0.243 e. The Labute approximate surface area is 148 Å². The fourth-order valence-electron chi connectivity index (χ4n) is 1.97. The van der Waals surface area contributed by atoms with Gasteiger partial charge >= 0.3 is 0 Å². The van der Waals surface area contributed by atoms with E-state index in [1.54, 1.807) is 32.9 Å². The van der Waals surface area contributed by atoms with E-state index in [2.05, 4.69) is 22.5 Å². The number of carbonyl (C=O) groups excluding carboxylic acids is 2. The SMILES string of the molecule is CC(C)(C)C(=O)NCC(=O)Nc1cccc(C#Cc2ccccc2)c1. The van der Waals surface area contributed by atoms with Crippen molar-refractivity contribution >= 4 is 17.5 Å². The molecule has 25 heavy (non-hydrogen) atoms. The number of hydrogen-bond acceptors (Lipinski definition) is 2. The Balaban J connectivity index is 1.96. The van der Waals surface area contributed by atoms with E-state index in [4.69, 9.17) is 0 Å². The van der Waals surface area contributed by atoms with Crippen LogP contribution in [0.25, 0.3) is 0 Å². The molecule has 0 atom stereocenters. The predicted octanol–water partition coefficient (Wildman–Crippen LogP) is 3.19. The molecule has 2 N–H and O–H groups in total.